The summed E-state index contributed by atoms with van der Waals surface area (Å²) < 4.78 is 5.17. The van der Waals surface area contributed by atoms with Gasteiger partial charge in [0.05, 0.1) is 6.26 Å². The summed E-state index contributed by atoms with van der Waals surface area (Å²) in [7, 11) is 0. The van der Waals surface area contributed by atoms with Crippen molar-refractivity contribution < 1.29 is 4.74 Å². The van der Waals surface area contributed by atoms with Gasteiger partial charge in [-0.15, -0.1) is 0 Å². The summed E-state index contributed by atoms with van der Waals surface area (Å²) in [5.74, 6) is 0.838. The molecule has 46 valence electrons. The van der Waals surface area contributed by atoms with E-state index in [1.807, 2.05) is 6.08 Å². The van der Waals surface area contributed by atoms with Gasteiger partial charge in [0.25, 0.3) is 0 Å². The van der Waals surface area contributed by atoms with E-state index in [9.17, 15) is 0 Å². The second-order valence-electron chi connectivity index (χ2n) is 1.89. The molecule has 0 radical (unpaired) electrons. The lowest BCUT2D eigenvalue weighted by molar-refractivity contribution is 0.145. The quantitative estimate of drug-likeness (QED) is 0.530. The normalized spacial score (nSPS) is 27.4. The first-order valence-electron chi connectivity index (χ1n) is 2.85. The summed E-state index contributed by atoms with van der Waals surface area (Å²) in [5, 5.41) is 0. The zero-order valence-electron chi connectivity index (χ0n) is 4.71. The fourth-order valence-electron chi connectivity index (χ4n) is 0.719. The Morgan fingerprint density at radius 3 is 3.00 bits per heavy atom. The number of ether oxygens (including phenoxy) is 1. The molecule has 0 amide bonds. The maximum absolute atomic E-state index is 5.17. The number of rotatable bonds is 1. The third-order valence-corrected chi connectivity index (χ3v) is 1.63. The molecule has 0 bridgehead atoms. The number of hydrogen-bond acceptors (Lipinski definition) is 2. The second-order valence-corrected chi connectivity index (χ2v) is 2.25. The van der Waals surface area contributed by atoms with Gasteiger partial charge in [0.15, 0.2) is 0 Å². The van der Waals surface area contributed by atoms with Crippen molar-refractivity contribution in [1.82, 2.24) is 0 Å². The summed E-state index contributed by atoms with van der Waals surface area (Å²) in [6.07, 6.45) is 6.44. The third-order valence-electron chi connectivity index (χ3n) is 1.23. The molecule has 0 saturated heterocycles. The number of allylic oxidation sites excluding steroid dienone is 1. The molecule has 1 rings (SSSR count). The molecule has 0 aliphatic carbocycles. The highest BCUT2D eigenvalue weighted by Gasteiger charge is 2.06. The van der Waals surface area contributed by atoms with Gasteiger partial charge < -0.3 is 4.74 Å². The van der Waals surface area contributed by atoms with Gasteiger partial charge in [-0.25, -0.2) is 0 Å². The van der Waals surface area contributed by atoms with Crippen LogP contribution in [0.1, 0.15) is 12.8 Å². The van der Waals surface area contributed by atoms with Crippen molar-refractivity contribution >= 4 is 12.6 Å². The minimum atomic E-state index is 0.364. The molecule has 0 aromatic rings. The van der Waals surface area contributed by atoms with Crippen molar-refractivity contribution in [2.45, 2.75) is 18.9 Å². The van der Waals surface area contributed by atoms with Gasteiger partial charge in [-0.1, -0.05) is 0 Å². The molecule has 0 fully saturated rings. The van der Waals surface area contributed by atoms with E-state index < -0.39 is 0 Å². The highest BCUT2D eigenvalue weighted by atomic mass is 32.1. The number of hydrogen-bond donors (Lipinski definition) is 1. The van der Waals surface area contributed by atoms with Gasteiger partial charge >= 0.3 is 0 Å². The topological polar surface area (TPSA) is 9.23 Å². The fraction of sp³-hybridized carbons (Fsp3) is 0.667. The van der Waals surface area contributed by atoms with E-state index in [4.69, 9.17) is 4.74 Å². The lowest BCUT2D eigenvalue weighted by atomic mass is 10.2. The predicted octanol–water partition coefficient (Wildman–Crippen LogP) is 1.61. The van der Waals surface area contributed by atoms with Gasteiger partial charge in [-0.2, -0.15) is 12.6 Å². The summed E-state index contributed by atoms with van der Waals surface area (Å²) in [6, 6.07) is 0. The lowest BCUT2D eigenvalue weighted by Gasteiger charge is -2.16. The zero-order chi connectivity index (χ0) is 5.82. The average molecular weight is 130 g/mol. The standard InChI is InChI=1S/C6H10OS/c8-5-6-3-1-2-4-7-6/h2,4,6,8H,1,3,5H2. The molecule has 2 heteroatoms. The van der Waals surface area contributed by atoms with Gasteiger partial charge in [-0.05, 0) is 18.9 Å². The molecular formula is C6H10OS. The Kier molecular flexibility index (Phi) is 2.27. The maximum Gasteiger partial charge on any atom is 0.107 e. The smallest absolute Gasteiger partial charge is 0.107 e. The maximum atomic E-state index is 5.17. The molecule has 0 aromatic carbocycles. The van der Waals surface area contributed by atoms with Gasteiger partial charge in [0, 0.05) is 5.75 Å². The van der Waals surface area contributed by atoms with Crippen molar-refractivity contribution in [3.63, 3.8) is 0 Å². The Labute approximate surface area is 55.1 Å². The Morgan fingerprint density at radius 1 is 1.75 bits per heavy atom. The van der Waals surface area contributed by atoms with Crippen molar-refractivity contribution in [3.05, 3.63) is 12.3 Å². The van der Waals surface area contributed by atoms with Crippen LogP contribution in [0, 0.1) is 0 Å². The summed E-state index contributed by atoms with van der Waals surface area (Å²) in [6.45, 7) is 0. The molecule has 1 nitrogen and oxygen atoms in total. The van der Waals surface area contributed by atoms with Crippen LogP contribution >= 0.6 is 12.6 Å². The van der Waals surface area contributed by atoms with Crippen LogP contribution in [-0.4, -0.2) is 11.9 Å². The lowest BCUT2D eigenvalue weighted by Crippen LogP contribution is -2.13. The molecular weight excluding hydrogens is 120 g/mol. The highest BCUT2D eigenvalue weighted by Crippen LogP contribution is 2.10. The monoisotopic (exact) mass is 130 g/mol. The largest absolute Gasteiger partial charge is 0.498 e. The van der Waals surface area contributed by atoms with Crippen LogP contribution in [0.4, 0.5) is 0 Å². The number of thiol groups is 1. The second kappa shape index (κ2) is 3.02. The first kappa shape index (κ1) is 6.02. The molecule has 0 N–H and O–H groups in total. The molecule has 1 aliphatic rings. The van der Waals surface area contributed by atoms with E-state index in [1.165, 1.54) is 0 Å². The van der Waals surface area contributed by atoms with Crippen LogP contribution in [0.3, 0.4) is 0 Å². The van der Waals surface area contributed by atoms with Crippen LogP contribution in [0.25, 0.3) is 0 Å². The molecule has 1 aliphatic heterocycles. The van der Waals surface area contributed by atoms with Crippen molar-refractivity contribution in [1.29, 1.82) is 0 Å². The van der Waals surface area contributed by atoms with Crippen LogP contribution in [0.5, 0.6) is 0 Å². The zero-order valence-corrected chi connectivity index (χ0v) is 5.60. The predicted molar refractivity (Wildman–Crippen MR) is 37.1 cm³/mol. The Balaban J connectivity index is 2.27. The van der Waals surface area contributed by atoms with E-state index >= 15 is 0 Å². The average Bonchev–Trinajstić information content (AvgIpc) is 1.90. The summed E-state index contributed by atoms with van der Waals surface area (Å²) in [4.78, 5) is 0. The van der Waals surface area contributed by atoms with E-state index in [1.54, 1.807) is 6.26 Å². The molecule has 0 saturated carbocycles. The van der Waals surface area contributed by atoms with Crippen molar-refractivity contribution in [2.24, 2.45) is 0 Å². The Hall–Kier alpha value is -0.110. The molecule has 8 heavy (non-hydrogen) atoms. The van der Waals surface area contributed by atoms with Crippen LogP contribution < -0.4 is 0 Å². The van der Waals surface area contributed by atoms with Crippen molar-refractivity contribution in [3.8, 4) is 0 Å². The van der Waals surface area contributed by atoms with E-state index in [0.29, 0.717) is 6.10 Å². The SMILES string of the molecule is SCC1CCC=CO1. The third kappa shape index (κ3) is 1.44. The van der Waals surface area contributed by atoms with E-state index in [2.05, 4.69) is 12.6 Å². The highest BCUT2D eigenvalue weighted by molar-refractivity contribution is 7.80. The van der Waals surface area contributed by atoms with Crippen LogP contribution in [-0.2, 0) is 4.74 Å². The fourth-order valence-corrected chi connectivity index (χ4v) is 0.988. The van der Waals surface area contributed by atoms with Crippen LogP contribution in [0.15, 0.2) is 12.3 Å². The first-order chi connectivity index (χ1) is 3.93. The van der Waals surface area contributed by atoms with Gasteiger partial charge in [-0.3, -0.25) is 0 Å². The molecule has 0 aromatic heterocycles. The van der Waals surface area contributed by atoms with Gasteiger partial charge in [0.2, 0.25) is 0 Å². The minimum Gasteiger partial charge on any atom is -0.498 e. The van der Waals surface area contributed by atoms with E-state index in [-0.39, 0.29) is 0 Å². The first-order valence-corrected chi connectivity index (χ1v) is 3.48. The minimum absolute atomic E-state index is 0.364. The molecule has 1 atom stereocenters. The Bertz CT molecular complexity index is 90.5. The molecule has 1 heterocycles. The van der Waals surface area contributed by atoms with Crippen LogP contribution in [0.2, 0.25) is 0 Å². The molecule has 0 spiro atoms. The van der Waals surface area contributed by atoms with Gasteiger partial charge in [0.1, 0.15) is 6.10 Å². The summed E-state index contributed by atoms with van der Waals surface area (Å²) >= 11 is 4.10. The Morgan fingerprint density at radius 2 is 2.62 bits per heavy atom. The van der Waals surface area contributed by atoms with Crippen molar-refractivity contribution in [2.75, 3.05) is 5.75 Å². The summed E-state index contributed by atoms with van der Waals surface area (Å²) in [5.41, 5.74) is 0. The molecule has 1 unspecified atom stereocenters. The van der Waals surface area contributed by atoms with E-state index in [0.717, 1.165) is 18.6 Å².